The van der Waals surface area contributed by atoms with Crippen LogP contribution in [0.1, 0.15) is 56.2 Å². The summed E-state index contributed by atoms with van der Waals surface area (Å²) in [4.78, 5) is 15.0. The Hall–Kier alpha value is -1.38. The van der Waals surface area contributed by atoms with Gasteiger partial charge in [-0.1, -0.05) is 6.92 Å². The lowest BCUT2D eigenvalue weighted by Crippen LogP contribution is -2.16. The molecule has 3 nitrogen and oxygen atoms in total. The molecule has 3 heteroatoms. The van der Waals surface area contributed by atoms with Crippen LogP contribution in [-0.4, -0.2) is 16.1 Å². The van der Waals surface area contributed by atoms with Gasteiger partial charge in [0, 0.05) is 18.3 Å². The first-order valence-electron chi connectivity index (χ1n) is 6.85. The molecular weight excluding hydrogens is 226 g/mol. The lowest BCUT2D eigenvalue weighted by molar-refractivity contribution is -0.138. The van der Waals surface area contributed by atoms with Crippen LogP contribution < -0.4 is 0 Å². The molecule has 1 N–H and O–H groups in total. The number of hydrogen-bond donors (Lipinski definition) is 1. The Morgan fingerprint density at radius 3 is 2.72 bits per heavy atom. The highest BCUT2D eigenvalue weighted by Gasteiger charge is 2.24. The summed E-state index contributed by atoms with van der Waals surface area (Å²) in [5.74, 6) is 0.324. The third-order valence-electron chi connectivity index (χ3n) is 3.98. The molecule has 0 aromatic carbocycles. The predicted octanol–water partition coefficient (Wildman–Crippen LogP) is 3.39. The Bertz CT molecular complexity index is 409. The van der Waals surface area contributed by atoms with E-state index in [0.29, 0.717) is 18.3 Å². The number of hydrogen-bond acceptors (Lipinski definition) is 2. The van der Waals surface area contributed by atoms with E-state index in [-0.39, 0.29) is 0 Å². The van der Waals surface area contributed by atoms with E-state index in [1.807, 2.05) is 6.20 Å². The number of rotatable bonds is 4. The maximum atomic E-state index is 10.7. The maximum absolute atomic E-state index is 10.7. The second kappa shape index (κ2) is 5.98. The summed E-state index contributed by atoms with van der Waals surface area (Å²) in [6.07, 6.45) is 7.53. The number of carboxylic acids is 1. The number of aryl methyl sites for hydroxylation is 1. The van der Waals surface area contributed by atoms with Crippen molar-refractivity contribution in [3.05, 3.63) is 29.6 Å². The zero-order chi connectivity index (χ0) is 13.0. The van der Waals surface area contributed by atoms with Gasteiger partial charge in [-0.2, -0.15) is 0 Å². The topological polar surface area (TPSA) is 50.2 Å². The molecule has 0 unspecified atom stereocenters. The van der Waals surface area contributed by atoms with Crippen LogP contribution in [0.5, 0.6) is 0 Å². The quantitative estimate of drug-likeness (QED) is 0.887. The normalized spacial score (nSPS) is 23.8. The van der Waals surface area contributed by atoms with Crippen molar-refractivity contribution in [1.82, 2.24) is 4.98 Å². The standard InChI is InChI=1S/C15H21NO2/c1-2-14-10-13(7-8-16-14)12-5-3-11(4-6-12)9-15(17)18/h7-8,10-12H,2-6,9H2,1H3,(H,17,18)/t11-,12+. The van der Waals surface area contributed by atoms with Gasteiger partial charge >= 0.3 is 5.97 Å². The van der Waals surface area contributed by atoms with Crippen molar-refractivity contribution in [1.29, 1.82) is 0 Å². The van der Waals surface area contributed by atoms with E-state index in [4.69, 9.17) is 5.11 Å². The third kappa shape index (κ3) is 3.31. The molecule has 1 saturated carbocycles. The predicted molar refractivity (Wildman–Crippen MR) is 70.6 cm³/mol. The van der Waals surface area contributed by atoms with Gasteiger partial charge in [0.25, 0.3) is 0 Å². The van der Waals surface area contributed by atoms with Crippen LogP contribution in [0, 0.1) is 5.92 Å². The zero-order valence-electron chi connectivity index (χ0n) is 10.9. The number of nitrogens with zero attached hydrogens (tertiary/aromatic N) is 1. The fourth-order valence-corrected chi connectivity index (χ4v) is 2.89. The molecule has 1 aromatic heterocycles. The molecule has 0 radical (unpaired) electrons. The van der Waals surface area contributed by atoms with Crippen LogP contribution in [-0.2, 0) is 11.2 Å². The Labute approximate surface area is 108 Å². The highest BCUT2D eigenvalue weighted by molar-refractivity contribution is 5.67. The molecule has 1 fully saturated rings. The highest BCUT2D eigenvalue weighted by Crippen LogP contribution is 2.37. The summed E-state index contributed by atoms with van der Waals surface area (Å²) >= 11 is 0. The first kappa shape index (κ1) is 13.1. The van der Waals surface area contributed by atoms with E-state index >= 15 is 0 Å². The van der Waals surface area contributed by atoms with Crippen LogP contribution in [0.4, 0.5) is 0 Å². The summed E-state index contributed by atoms with van der Waals surface area (Å²) in [6, 6.07) is 4.32. The molecule has 0 bridgehead atoms. The Morgan fingerprint density at radius 2 is 2.11 bits per heavy atom. The van der Waals surface area contributed by atoms with Crippen molar-refractivity contribution < 1.29 is 9.90 Å². The van der Waals surface area contributed by atoms with Crippen molar-refractivity contribution in [2.24, 2.45) is 5.92 Å². The van der Waals surface area contributed by atoms with Crippen LogP contribution >= 0.6 is 0 Å². The minimum atomic E-state index is -0.657. The molecule has 1 aromatic rings. The van der Waals surface area contributed by atoms with E-state index in [1.54, 1.807) is 0 Å². The molecule has 1 aliphatic carbocycles. The van der Waals surface area contributed by atoms with Gasteiger partial charge in [0.05, 0.1) is 0 Å². The second-order valence-corrected chi connectivity index (χ2v) is 5.25. The number of aliphatic carboxylic acids is 1. The fraction of sp³-hybridized carbons (Fsp3) is 0.600. The minimum Gasteiger partial charge on any atom is -0.481 e. The van der Waals surface area contributed by atoms with E-state index in [0.717, 1.165) is 37.8 Å². The molecule has 0 amide bonds. The van der Waals surface area contributed by atoms with Crippen LogP contribution in [0.2, 0.25) is 0 Å². The summed E-state index contributed by atoms with van der Waals surface area (Å²) in [5.41, 5.74) is 2.54. The van der Waals surface area contributed by atoms with Gasteiger partial charge in [-0.15, -0.1) is 0 Å². The van der Waals surface area contributed by atoms with Crippen molar-refractivity contribution >= 4 is 5.97 Å². The first-order valence-corrected chi connectivity index (χ1v) is 6.85. The fourth-order valence-electron chi connectivity index (χ4n) is 2.89. The number of pyridine rings is 1. The number of carbonyl (C=O) groups is 1. The van der Waals surface area contributed by atoms with Gasteiger partial charge in [-0.25, -0.2) is 0 Å². The Balaban J connectivity index is 1.94. The number of carboxylic acid groups (broad SMARTS) is 1. The number of aromatic nitrogens is 1. The zero-order valence-corrected chi connectivity index (χ0v) is 10.9. The molecule has 0 saturated heterocycles. The van der Waals surface area contributed by atoms with Crippen molar-refractivity contribution in [3.8, 4) is 0 Å². The van der Waals surface area contributed by atoms with Gasteiger partial charge in [-0.3, -0.25) is 9.78 Å². The average molecular weight is 247 g/mol. The summed E-state index contributed by atoms with van der Waals surface area (Å²) < 4.78 is 0. The molecule has 0 aliphatic heterocycles. The molecule has 1 aliphatic rings. The van der Waals surface area contributed by atoms with Gasteiger partial charge in [0.15, 0.2) is 0 Å². The Morgan fingerprint density at radius 1 is 1.39 bits per heavy atom. The molecule has 0 atom stereocenters. The second-order valence-electron chi connectivity index (χ2n) is 5.25. The molecule has 98 valence electrons. The van der Waals surface area contributed by atoms with E-state index in [1.165, 1.54) is 5.56 Å². The van der Waals surface area contributed by atoms with Gasteiger partial charge in [0.1, 0.15) is 0 Å². The minimum absolute atomic E-state index is 0.337. The van der Waals surface area contributed by atoms with Crippen LogP contribution in [0.15, 0.2) is 18.3 Å². The molecule has 18 heavy (non-hydrogen) atoms. The monoisotopic (exact) mass is 247 g/mol. The smallest absolute Gasteiger partial charge is 0.303 e. The molecule has 1 heterocycles. The van der Waals surface area contributed by atoms with Crippen LogP contribution in [0.25, 0.3) is 0 Å². The first-order chi connectivity index (χ1) is 8.69. The summed E-state index contributed by atoms with van der Waals surface area (Å²) in [7, 11) is 0. The maximum Gasteiger partial charge on any atom is 0.303 e. The van der Waals surface area contributed by atoms with Crippen molar-refractivity contribution in [2.45, 2.75) is 51.4 Å². The molecular formula is C15H21NO2. The largest absolute Gasteiger partial charge is 0.481 e. The van der Waals surface area contributed by atoms with Gasteiger partial charge in [0.2, 0.25) is 0 Å². The lowest BCUT2D eigenvalue weighted by Gasteiger charge is -2.28. The van der Waals surface area contributed by atoms with Gasteiger partial charge in [-0.05, 0) is 61.6 Å². The lowest BCUT2D eigenvalue weighted by atomic mass is 9.77. The summed E-state index contributed by atoms with van der Waals surface area (Å²) in [5, 5.41) is 8.81. The molecule has 2 rings (SSSR count). The molecule has 0 spiro atoms. The average Bonchev–Trinajstić information content (AvgIpc) is 2.39. The Kier molecular flexibility index (Phi) is 4.34. The van der Waals surface area contributed by atoms with Crippen LogP contribution in [0.3, 0.4) is 0 Å². The van der Waals surface area contributed by atoms with E-state index < -0.39 is 5.97 Å². The third-order valence-corrected chi connectivity index (χ3v) is 3.98. The van der Waals surface area contributed by atoms with E-state index in [2.05, 4.69) is 24.0 Å². The van der Waals surface area contributed by atoms with Gasteiger partial charge < -0.3 is 5.11 Å². The SMILES string of the molecule is CCc1cc([C@H]2CC[C@@H](CC(=O)O)CC2)ccn1. The van der Waals surface area contributed by atoms with Crippen molar-refractivity contribution in [3.63, 3.8) is 0 Å². The van der Waals surface area contributed by atoms with E-state index in [9.17, 15) is 4.79 Å². The highest BCUT2D eigenvalue weighted by atomic mass is 16.4. The summed E-state index contributed by atoms with van der Waals surface area (Å²) in [6.45, 7) is 2.12. The van der Waals surface area contributed by atoms with Crippen molar-refractivity contribution in [2.75, 3.05) is 0 Å².